The lowest BCUT2D eigenvalue weighted by Gasteiger charge is -2.06. The largest absolute Gasteiger partial charge is 0.465 e. The van der Waals surface area contributed by atoms with Gasteiger partial charge in [0.15, 0.2) is 0 Å². The van der Waals surface area contributed by atoms with Crippen LogP contribution in [-0.2, 0) is 9.53 Å². The number of benzene rings is 1. The van der Waals surface area contributed by atoms with Crippen LogP contribution in [0.3, 0.4) is 0 Å². The zero-order valence-corrected chi connectivity index (χ0v) is 12.2. The summed E-state index contributed by atoms with van der Waals surface area (Å²) < 4.78 is 4.89. The number of aryl methyl sites for hydroxylation is 1. The second-order valence-corrected chi connectivity index (χ2v) is 5.21. The second kappa shape index (κ2) is 6.21. The van der Waals surface area contributed by atoms with Gasteiger partial charge in [0.1, 0.15) is 5.03 Å². The number of rotatable bonds is 4. The van der Waals surface area contributed by atoms with Gasteiger partial charge in [0.2, 0.25) is 5.28 Å². The fourth-order valence-corrected chi connectivity index (χ4v) is 2.66. The maximum Gasteiger partial charge on any atom is 0.316 e. The fraction of sp³-hybridized carbons (Fsp3) is 0.308. The van der Waals surface area contributed by atoms with Gasteiger partial charge in [-0.2, -0.15) is 0 Å². The van der Waals surface area contributed by atoms with E-state index in [2.05, 4.69) is 9.97 Å². The van der Waals surface area contributed by atoms with E-state index >= 15 is 0 Å². The summed E-state index contributed by atoms with van der Waals surface area (Å²) in [6, 6.07) is 5.84. The van der Waals surface area contributed by atoms with E-state index in [0.29, 0.717) is 11.6 Å². The average Bonchev–Trinajstić information content (AvgIpc) is 2.37. The lowest BCUT2D eigenvalue weighted by atomic mass is 10.2. The summed E-state index contributed by atoms with van der Waals surface area (Å²) in [4.78, 5) is 19.7. The first-order valence-electron chi connectivity index (χ1n) is 5.82. The van der Waals surface area contributed by atoms with E-state index < -0.39 is 0 Å². The van der Waals surface area contributed by atoms with E-state index in [-0.39, 0.29) is 17.0 Å². The van der Waals surface area contributed by atoms with Crippen LogP contribution in [0.2, 0.25) is 5.28 Å². The van der Waals surface area contributed by atoms with Crippen molar-refractivity contribution in [1.29, 1.82) is 0 Å². The highest BCUT2D eigenvalue weighted by Crippen LogP contribution is 2.27. The summed E-state index contributed by atoms with van der Waals surface area (Å²) in [5.41, 5.74) is 1.88. The van der Waals surface area contributed by atoms with Crippen LogP contribution in [0.15, 0.2) is 23.2 Å². The Morgan fingerprint density at radius 1 is 1.42 bits per heavy atom. The van der Waals surface area contributed by atoms with Gasteiger partial charge in [-0.05, 0) is 37.6 Å². The van der Waals surface area contributed by atoms with E-state index in [1.807, 2.05) is 25.1 Å². The number of carbonyl (C=O) groups is 1. The molecule has 0 aliphatic heterocycles. The maximum absolute atomic E-state index is 11.4. The maximum atomic E-state index is 11.4. The third kappa shape index (κ3) is 3.58. The Hall–Kier alpha value is -1.33. The highest BCUT2D eigenvalue weighted by molar-refractivity contribution is 8.00. The molecular weight excluding hydrogens is 284 g/mol. The van der Waals surface area contributed by atoms with Crippen LogP contribution < -0.4 is 0 Å². The molecule has 2 aromatic rings. The monoisotopic (exact) mass is 296 g/mol. The normalized spacial score (nSPS) is 10.7. The summed E-state index contributed by atoms with van der Waals surface area (Å²) in [7, 11) is 0. The highest BCUT2D eigenvalue weighted by atomic mass is 35.5. The molecule has 0 atom stereocenters. The number of ether oxygens (including phenoxy) is 1. The molecule has 0 bridgehead atoms. The number of hydrogen-bond acceptors (Lipinski definition) is 5. The first kappa shape index (κ1) is 14.1. The van der Waals surface area contributed by atoms with Gasteiger partial charge in [-0.15, -0.1) is 0 Å². The van der Waals surface area contributed by atoms with Crippen LogP contribution in [0.1, 0.15) is 12.5 Å². The van der Waals surface area contributed by atoms with Crippen molar-refractivity contribution in [3.63, 3.8) is 0 Å². The van der Waals surface area contributed by atoms with Crippen molar-refractivity contribution < 1.29 is 9.53 Å². The lowest BCUT2D eigenvalue weighted by Crippen LogP contribution is -2.06. The number of carbonyl (C=O) groups excluding carboxylic acids is 1. The van der Waals surface area contributed by atoms with Crippen molar-refractivity contribution in [3.05, 3.63) is 29.0 Å². The minimum absolute atomic E-state index is 0.183. The smallest absolute Gasteiger partial charge is 0.316 e. The topological polar surface area (TPSA) is 52.1 Å². The van der Waals surface area contributed by atoms with E-state index in [9.17, 15) is 4.79 Å². The predicted octanol–water partition coefficient (Wildman–Crippen LogP) is 3.25. The Morgan fingerprint density at radius 2 is 2.21 bits per heavy atom. The molecule has 0 unspecified atom stereocenters. The number of halogens is 1. The number of hydrogen-bond donors (Lipinski definition) is 0. The van der Waals surface area contributed by atoms with Crippen molar-refractivity contribution in [1.82, 2.24) is 9.97 Å². The first-order chi connectivity index (χ1) is 9.10. The molecule has 100 valence electrons. The van der Waals surface area contributed by atoms with Crippen LogP contribution in [0.25, 0.3) is 10.9 Å². The molecule has 0 N–H and O–H groups in total. The minimum Gasteiger partial charge on any atom is -0.465 e. The Morgan fingerprint density at radius 3 is 2.95 bits per heavy atom. The van der Waals surface area contributed by atoms with Crippen LogP contribution in [-0.4, -0.2) is 28.3 Å². The number of esters is 1. The molecule has 0 aliphatic carbocycles. The number of aromatic nitrogens is 2. The number of fused-ring (bicyclic) bond motifs is 1. The van der Waals surface area contributed by atoms with Crippen LogP contribution >= 0.6 is 23.4 Å². The van der Waals surface area contributed by atoms with Crippen LogP contribution in [0.5, 0.6) is 0 Å². The fourth-order valence-electron chi connectivity index (χ4n) is 1.63. The second-order valence-electron chi connectivity index (χ2n) is 3.91. The molecule has 0 amide bonds. The molecule has 1 aromatic heterocycles. The zero-order valence-electron chi connectivity index (χ0n) is 10.6. The van der Waals surface area contributed by atoms with Gasteiger partial charge in [-0.1, -0.05) is 23.4 Å². The molecular formula is C13H13ClN2O2S. The Labute approximate surface area is 120 Å². The molecule has 0 saturated heterocycles. The summed E-state index contributed by atoms with van der Waals surface area (Å²) in [6.07, 6.45) is 0. The highest BCUT2D eigenvalue weighted by Gasteiger charge is 2.10. The molecule has 0 spiro atoms. The van der Waals surface area contributed by atoms with E-state index in [4.69, 9.17) is 16.3 Å². The molecule has 0 saturated carbocycles. The Balaban J connectivity index is 2.30. The number of nitrogens with zero attached hydrogens (tertiary/aromatic N) is 2. The third-order valence-electron chi connectivity index (χ3n) is 2.42. The van der Waals surface area contributed by atoms with E-state index in [0.717, 1.165) is 16.5 Å². The molecule has 4 nitrogen and oxygen atoms in total. The van der Waals surface area contributed by atoms with Gasteiger partial charge < -0.3 is 4.74 Å². The van der Waals surface area contributed by atoms with E-state index in [1.54, 1.807) is 6.92 Å². The Kier molecular flexibility index (Phi) is 4.61. The van der Waals surface area contributed by atoms with Gasteiger partial charge in [-0.3, -0.25) is 4.79 Å². The Bertz CT molecular complexity index is 619. The summed E-state index contributed by atoms with van der Waals surface area (Å²) in [5, 5.41) is 1.79. The summed E-state index contributed by atoms with van der Waals surface area (Å²) in [6.45, 7) is 4.15. The van der Waals surface area contributed by atoms with Crippen LogP contribution in [0.4, 0.5) is 0 Å². The van der Waals surface area contributed by atoms with Gasteiger partial charge >= 0.3 is 5.97 Å². The average molecular weight is 297 g/mol. The number of thioether (sulfide) groups is 1. The molecule has 2 rings (SSSR count). The summed E-state index contributed by atoms with van der Waals surface area (Å²) >= 11 is 7.20. The first-order valence-corrected chi connectivity index (χ1v) is 7.19. The van der Waals surface area contributed by atoms with Gasteiger partial charge in [0.05, 0.1) is 17.9 Å². The van der Waals surface area contributed by atoms with Crippen molar-refractivity contribution in [2.45, 2.75) is 18.9 Å². The minimum atomic E-state index is -0.261. The molecule has 1 heterocycles. The molecule has 0 fully saturated rings. The standard InChI is InChI=1S/C13H13ClN2O2S/c1-3-18-11(17)7-19-12-9-6-8(2)4-5-10(9)15-13(14)16-12/h4-6H,3,7H2,1-2H3. The summed E-state index contributed by atoms with van der Waals surface area (Å²) in [5.74, 6) is -0.0486. The lowest BCUT2D eigenvalue weighted by molar-refractivity contribution is -0.139. The van der Waals surface area contributed by atoms with E-state index in [1.165, 1.54) is 11.8 Å². The molecule has 6 heteroatoms. The van der Waals surface area contributed by atoms with Crippen molar-refractivity contribution in [2.24, 2.45) is 0 Å². The van der Waals surface area contributed by atoms with Crippen molar-refractivity contribution in [2.75, 3.05) is 12.4 Å². The predicted molar refractivity (Wildman–Crippen MR) is 76.6 cm³/mol. The third-order valence-corrected chi connectivity index (χ3v) is 3.55. The molecule has 0 aliphatic rings. The molecule has 0 radical (unpaired) electrons. The molecule has 19 heavy (non-hydrogen) atoms. The van der Waals surface area contributed by atoms with Crippen molar-refractivity contribution in [3.8, 4) is 0 Å². The van der Waals surface area contributed by atoms with Gasteiger partial charge in [-0.25, -0.2) is 9.97 Å². The quantitative estimate of drug-likeness (QED) is 0.375. The van der Waals surface area contributed by atoms with Gasteiger partial charge in [0, 0.05) is 5.39 Å². The molecule has 1 aromatic carbocycles. The zero-order chi connectivity index (χ0) is 13.8. The van der Waals surface area contributed by atoms with Crippen molar-refractivity contribution >= 4 is 40.2 Å². The van der Waals surface area contributed by atoms with Crippen LogP contribution in [0, 0.1) is 6.92 Å². The van der Waals surface area contributed by atoms with Gasteiger partial charge in [0.25, 0.3) is 0 Å². The SMILES string of the molecule is CCOC(=O)CSc1nc(Cl)nc2ccc(C)cc12.